The maximum Gasteiger partial charge on any atom is 0.245 e. The zero-order chi connectivity index (χ0) is 22.4. The van der Waals surface area contributed by atoms with Crippen LogP contribution in [0.2, 0.25) is 5.02 Å². The van der Waals surface area contributed by atoms with Crippen LogP contribution in [0.1, 0.15) is 35.8 Å². The quantitative estimate of drug-likeness (QED) is 0.594. The molecule has 1 N–H and O–H groups in total. The Morgan fingerprint density at radius 3 is 2.84 bits per heavy atom. The summed E-state index contributed by atoms with van der Waals surface area (Å²) in [6, 6.07) is 4.95. The molecule has 166 valence electrons. The Morgan fingerprint density at radius 2 is 2.13 bits per heavy atom. The number of hydrogen-bond acceptors (Lipinski definition) is 5. The van der Waals surface area contributed by atoms with Gasteiger partial charge in [0.15, 0.2) is 11.5 Å². The smallest absolute Gasteiger partial charge is 0.245 e. The first-order valence-electron chi connectivity index (χ1n) is 10.2. The molecule has 0 saturated carbocycles. The van der Waals surface area contributed by atoms with Crippen molar-refractivity contribution in [3.63, 3.8) is 0 Å². The van der Waals surface area contributed by atoms with Gasteiger partial charge in [-0.1, -0.05) is 24.9 Å². The second kappa shape index (κ2) is 10.7. The molecular formula is C23H27ClN2O4S. The number of halogens is 1. The lowest BCUT2D eigenvalue weighted by atomic mass is 10.1. The minimum atomic E-state index is -0.545. The van der Waals surface area contributed by atoms with E-state index in [1.165, 1.54) is 30.7 Å². The van der Waals surface area contributed by atoms with Gasteiger partial charge in [0.1, 0.15) is 6.04 Å². The summed E-state index contributed by atoms with van der Waals surface area (Å²) in [5, 5.41) is 5.32. The van der Waals surface area contributed by atoms with E-state index in [9.17, 15) is 9.59 Å². The summed E-state index contributed by atoms with van der Waals surface area (Å²) in [6.45, 7) is 3.29. The fourth-order valence-corrected chi connectivity index (χ4v) is 4.81. The Kier molecular flexibility index (Phi) is 7.98. The highest BCUT2D eigenvalue weighted by Gasteiger charge is 2.28. The van der Waals surface area contributed by atoms with Gasteiger partial charge < -0.3 is 19.7 Å². The molecule has 31 heavy (non-hydrogen) atoms. The first-order chi connectivity index (χ1) is 15.0. The van der Waals surface area contributed by atoms with E-state index in [0.717, 1.165) is 12.8 Å². The van der Waals surface area contributed by atoms with Gasteiger partial charge in [-0.2, -0.15) is 0 Å². The lowest BCUT2D eigenvalue weighted by Gasteiger charge is -2.30. The molecule has 0 fully saturated rings. The minimum absolute atomic E-state index is 0.0328. The number of hydrogen-bond donors (Lipinski definition) is 1. The Labute approximate surface area is 191 Å². The Balaban J connectivity index is 1.67. The van der Waals surface area contributed by atoms with Crippen molar-refractivity contribution in [2.24, 2.45) is 0 Å². The van der Waals surface area contributed by atoms with E-state index in [1.807, 2.05) is 11.8 Å². The molecule has 2 aromatic rings. The maximum absolute atomic E-state index is 13.1. The Hall–Kier alpha value is -2.51. The third kappa shape index (κ3) is 5.60. The Bertz CT molecular complexity index is 972. The summed E-state index contributed by atoms with van der Waals surface area (Å²) in [5.41, 5.74) is 1.90. The number of carbonyl (C=O) groups is 2. The van der Waals surface area contributed by atoms with E-state index >= 15 is 0 Å². The summed E-state index contributed by atoms with van der Waals surface area (Å²) in [5.74, 6) is 0.558. The monoisotopic (exact) mass is 462 g/mol. The minimum Gasteiger partial charge on any atom is -0.493 e. The topological polar surface area (TPSA) is 67.9 Å². The summed E-state index contributed by atoms with van der Waals surface area (Å²) in [6.07, 6.45) is 5.29. The fraction of sp³-hybridized carbons (Fsp3) is 0.391. The molecule has 0 bridgehead atoms. The molecule has 1 aliphatic heterocycles. The molecule has 3 rings (SSSR count). The average Bonchev–Trinajstić information content (AvgIpc) is 3.24. The number of ether oxygens (including phenoxy) is 2. The van der Waals surface area contributed by atoms with Crippen molar-refractivity contribution in [3.05, 3.63) is 50.7 Å². The zero-order valence-corrected chi connectivity index (χ0v) is 19.5. The molecule has 1 atom stereocenters. The summed E-state index contributed by atoms with van der Waals surface area (Å²) in [7, 11) is 3.04. The van der Waals surface area contributed by atoms with E-state index in [0.29, 0.717) is 41.6 Å². The molecule has 2 heterocycles. The van der Waals surface area contributed by atoms with Crippen LogP contribution >= 0.6 is 22.9 Å². The van der Waals surface area contributed by atoms with Gasteiger partial charge in [-0.05, 0) is 53.6 Å². The molecule has 0 saturated heterocycles. The van der Waals surface area contributed by atoms with Crippen LogP contribution in [0.15, 0.2) is 29.7 Å². The second-order valence-corrected chi connectivity index (χ2v) is 8.71. The number of fused-ring (bicyclic) bond motifs is 1. The van der Waals surface area contributed by atoms with Crippen LogP contribution in [0.25, 0.3) is 6.08 Å². The van der Waals surface area contributed by atoms with E-state index in [-0.39, 0.29) is 11.8 Å². The van der Waals surface area contributed by atoms with Crippen LogP contribution in [0.5, 0.6) is 11.5 Å². The number of rotatable bonds is 8. The van der Waals surface area contributed by atoms with Gasteiger partial charge in [0.2, 0.25) is 11.8 Å². The van der Waals surface area contributed by atoms with Gasteiger partial charge in [-0.25, -0.2) is 0 Å². The molecule has 1 aromatic carbocycles. The van der Waals surface area contributed by atoms with E-state index in [1.54, 1.807) is 29.5 Å². The van der Waals surface area contributed by atoms with Gasteiger partial charge in [0.25, 0.3) is 0 Å². The molecule has 0 radical (unpaired) electrons. The van der Waals surface area contributed by atoms with Gasteiger partial charge in [0, 0.05) is 24.0 Å². The molecule has 2 amide bonds. The average molecular weight is 463 g/mol. The SMILES string of the molecule is CCCC(NC(=O)C=Cc1cc(Cl)c(OC)c(OC)c1)C(=O)N1CCc2sccc2C1. The van der Waals surface area contributed by atoms with Gasteiger partial charge in [-0.15, -0.1) is 11.3 Å². The van der Waals surface area contributed by atoms with E-state index in [2.05, 4.69) is 16.8 Å². The zero-order valence-electron chi connectivity index (χ0n) is 17.9. The van der Waals surface area contributed by atoms with Crippen LogP contribution in [-0.4, -0.2) is 43.5 Å². The number of thiophene rings is 1. The van der Waals surface area contributed by atoms with Crippen molar-refractivity contribution in [1.82, 2.24) is 10.2 Å². The highest BCUT2D eigenvalue weighted by molar-refractivity contribution is 7.10. The number of carbonyl (C=O) groups excluding carboxylic acids is 2. The number of methoxy groups -OCH3 is 2. The van der Waals surface area contributed by atoms with Gasteiger partial charge in [-0.3, -0.25) is 9.59 Å². The third-order valence-corrected chi connectivity index (χ3v) is 6.50. The number of benzene rings is 1. The number of nitrogens with zero attached hydrogens (tertiary/aromatic N) is 1. The Morgan fingerprint density at radius 1 is 1.32 bits per heavy atom. The fourth-order valence-electron chi connectivity index (χ4n) is 3.63. The molecule has 1 aliphatic rings. The highest BCUT2D eigenvalue weighted by atomic mass is 35.5. The predicted octanol–water partition coefficient (Wildman–Crippen LogP) is 4.30. The maximum atomic E-state index is 13.1. The molecule has 8 heteroatoms. The number of amides is 2. The highest BCUT2D eigenvalue weighted by Crippen LogP contribution is 2.36. The standard InChI is InChI=1S/C23H27ClN2O4S/c1-4-5-18(23(28)26-10-8-20-16(14-26)9-11-31-20)25-21(27)7-6-15-12-17(24)22(30-3)19(13-15)29-2/h6-7,9,11-13,18H,4-5,8,10,14H2,1-3H3,(H,25,27). The van der Waals surface area contributed by atoms with Crippen LogP contribution in [-0.2, 0) is 22.6 Å². The summed E-state index contributed by atoms with van der Waals surface area (Å²) in [4.78, 5) is 28.8. The van der Waals surface area contributed by atoms with Crippen molar-refractivity contribution in [2.75, 3.05) is 20.8 Å². The second-order valence-electron chi connectivity index (χ2n) is 7.30. The van der Waals surface area contributed by atoms with Crippen molar-refractivity contribution >= 4 is 40.8 Å². The van der Waals surface area contributed by atoms with Crippen LogP contribution in [0, 0.1) is 0 Å². The van der Waals surface area contributed by atoms with E-state index in [4.69, 9.17) is 21.1 Å². The van der Waals surface area contributed by atoms with Gasteiger partial charge >= 0.3 is 0 Å². The predicted molar refractivity (Wildman–Crippen MR) is 124 cm³/mol. The van der Waals surface area contributed by atoms with Crippen molar-refractivity contribution in [2.45, 2.75) is 38.8 Å². The molecule has 1 aromatic heterocycles. The molecule has 6 nitrogen and oxygen atoms in total. The number of nitrogens with one attached hydrogen (secondary N) is 1. The van der Waals surface area contributed by atoms with Crippen LogP contribution in [0.4, 0.5) is 0 Å². The summed E-state index contributed by atoms with van der Waals surface area (Å²) >= 11 is 7.96. The molecular weight excluding hydrogens is 436 g/mol. The normalized spacial score (nSPS) is 14.3. The lowest BCUT2D eigenvalue weighted by Crippen LogP contribution is -2.49. The molecule has 0 spiro atoms. The van der Waals surface area contributed by atoms with Crippen LogP contribution in [0.3, 0.4) is 0 Å². The summed E-state index contributed by atoms with van der Waals surface area (Å²) < 4.78 is 10.5. The molecule has 0 aliphatic carbocycles. The van der Waals surface area contributed by atoms with Crippen molar-refractivity contribution in [1.29, 1.82) is 0 Å². The van der Waals surface area contributed by atoms with Crippen LogP contribution < -0.4 is 14.8 Å². The van der Waals surface area contributed by atoms with E-state index < -0.39 is 6.04 Å². The first-order valence-corrected chi connectivity index (χ1v) is 11.5. The molecule has 1 unspecified atom stereocenters. The lowest BCUT2D eigenvalue weighted by molar-refractivity contribution is -0.136. The van der Waals surface area contributed by atoms with Crippen molar-refractivity contribution in [3.8, 4) is 11.5 Å². The third-order valence-electron chi connectivity index (χ3n) is 5.19. The first kappa shape index (κ1) is 23.2. The van der Waals surface area contributed by atoms with Gasteiger partial charge in [0.05, 0.1) is 19.2 Å². The largest absolute Gasteiger partial charge is 0.493 e. The van der Waals surface area contributed by atoms with Crippen molar-refractivity contribution < 1.29 is 19.1 Å².